The largest absolute Gasteiger partial charge is 0.464 e. The van der Waals surface area contributed by atoms with E-state index in [4.69, 9.17) is 14.7 Å². The van der Waals surface area contributed by atoms with Crippen molar-refractivity contribution in [2.45, 2.75) is 33.1 Å². The Morgan fingerprint density at radius 2 is 2.06 bits per heavy atom. The van der Waals surface area contributed by atoms with Crippen LogP contribution in [0.3, 0.4) is 0 Å². The molecule has 0 aromatic rings. The fraction of sp³-hybridized carbons (Fsp3) is 0.462. The Hall–Kier alpha value is -1.55. The van der Waals surface area contributed by atoms with Gasteiger partial charge in [0, 0.05) is 0 Å². The van der Waals surface area contributed by atoms with E-state index in [-0.39, 0.29) is 6.79 Å². The lowest BCUT2D eigenvalue weighted by Crippen LogP contribution is -2.05. The van der Waals surface area contributed by atoms with E-state index >= 15 is 0 Å². The molecule has 1 rings (SSSR count). The minimum absolute atomic E-state index is 0.364. The first-order chi connectivity index (χ1) is 8.19. The lowest BCUT2D eigenvalue weighted by molar-refractivity contribution is 0.0319. The normalized spacial score (nSPS) is 16.1. The van der Waals surface area contributed by atoms with Crippen molar-refractivity contribution in [3.63, 3.8) is 0 Å². The summed E-state index contributed by atoms with van der Waals surface area (Å²) in [6.07, 6.45) is 6.32. The van der Waals surface area contributed by atoms with E-state index in [1.807, 2.05) is 26.0 Å². The maximum atomic E-state index is 8.75. The second-order valence-electron chi connectivity index (χ2n) is 3.75. The minimum atomic E-state index is -0.364. The van der Waals surface area contributed by atoms with Crippen LogP contribution in [-0.4, -0.2) is 17.6 Å². The summed E-state index contributed by atoms with van der Waals surface area (Å²) < 4.78 is 5.05. The van der Waals surface area contributed by atoms with E-state index in [0.717, 1.165) is 30.5 Å². The third kappa shape index (κ3) is 4.07. The molecule has 0 aromatic heterocycles. The number of aliphatic hydroxyl groups is 1. The maximum Gasteiger partial charge on any atom is 0.195 e. The van der Waals surface area contributed by atoms with Crippen LogP contribution < -0.4 is 0 Å². The lowest BCUT2D eigenvalue weighted by atomic mass is 10.1. The number of nitrogens with zero attached hydrogens (tertiary/aromatic N) is 1. The van der Waals surface area contributed by atoms with Crippen LogP contribution in [0.5, 0.6) is 0 Å². The smallest absolute Gasteiger partial charge is 0.195 e. The van der Waals surface area contributed by atoms with Gasteiger partial charge in [0.15, 0.2) is 18.3 Å². The van der Waals surface area contributed by atoms with E-state index in [1.54, 1.807) is 0 Å². The van der Waals surface area contributed by atoms with Gasteiger partial charge >= 0.3 is 0 Å². The Balaban J connectivity index is 2.70. The van der Waals surface area contributed by atoms with Crippen molar-refractivity contribution in [1.82, 2.24) is 0 Å². The highest BCUT2D eigenvalue weighted by atomic mass is 16.7. The van der Waals surface area contributed by atoms with Gasteiger partial charge in [0.25, 0.3) is 0 Å². The molecule has 94 valence electrons. The van der Waals surface area contributed by atoms with Crippen molar-refractivity contribution >= 4 is 5.71 Å². The fourth-order valence-electron chi connectivity index (χ4n) is 1.46. The molecule has 0 heterocycles. The molecule has 0 amide bonds. The highest BCUT2D eigenvalue weighted by molar-refractivity contribution is 5.98. The topological polar surface area (TPSA) is 51.0 Å². The molecule has 0 saturated carbocycles. The zero-order chi connectivity index (χ0) is 12.7. The maximum absolute atomic E-state index is 8.75. The molecule has 1 aliphatic rings. The van der Waals surface area contributed by atoms with E-state index in [9.17, 15) is 0 Å². The standard InChI is InChI=1S/C13H19NO3/c1-4-11(10(2)3)14-17-13-8-6-5-7-12(13)16-9-15/h7-8,15H,2,4-6,9H2,1,3H3. The van der Waals surface area contributed by atoms with Crippen LogP contribution in [0.4, 0.5) is 0 Å². The molecule has 0 atom stereocenters. The first-order valence-corrected chi connectivity index (χ1v) is 5.73. The zero-order valence-corrected chi connectivity index (χ0v) is 10.4. The molecule has 4 nitrogen and oxygen atoms in total. The van der Waals surface area contributed by atoms with Gasteiger partial charge in [-0.15, -0.1) is 0 Å². The van der Waals surface area contributed by atoms with Crippen LogP contribution in [0.1, 0.15) is 33.1 Å². The molecular weight excluding hydrogens is 218 g/mol. The number of oxime groups is 1. The monoisotopic (exact) mass is 237 g/mol. The molecule has 17 heavy (non-hydrogen) atoms. The van der Waals surface area contributed by atoms with Gasteiger partial charge in [-0.25, -0.2) is 0 Å². The van der Waals surface area contributed by atoms with Crippen molar-refractivity contribution in [3.05, 3.63) is 35.8 Å². The summed E-state index contributed by atoms with van der Waals surface area (Å²) in [7, 11) is 0. The molecule has 4 heteroatoms. The third-order valence-corrected chi connectivity index (χ3v) is 2.37. The second-order valence-corrected chi connectivity index (χ2v) is 3.75. The van der Waals surface area contributed by atoms with Crippen LogP contribution >= 0.6 is 0 Å². The quantitative estimate of drug-likeness (QED) is 0.439. The summed E-state index contributed by atoms with van der Waals surface area (Å²) in [5.41, 5.74) is 1.71. The van der Waals surface area contributed by atoms with E-state index < -0.39 is 0 Å². The first kappa shape index (κ1) is 13.5. The van der Waals surface area contributed by atoms with Crippen LogP contribution in [-0.2, 0) is 9.57 Å². The van der Waals surface area contributed by atoms with Crippen molar-refractivity contribution < 1.29 is 14.7 Å². The summed E-state index contributed by atoms with van der Waals surface area (Å²) in [5.74, 6) is 1.09. The summed E-state index contributed by atoms with van der Waals surface area (Å²) in [5, 5.41) is 12.8. The highest BCUT2D eigenvalue weighted by Gasteiger charge is 2.12. The Morgan fingerprint density at radius 1 is 1.41 bits per heavy atom. The van der Waals surface area contributed by atoms with Gasteiger partial charge in [-0.1, -0.05) is 18.7 Å². The fourth-order valence-corrected chi connectivity index (χ4v) is 1.46. The zero-order valence-electron chi connectivity index (χ0n) is 10.4. The third-order valence-electron chi connectivity index (χ3n) is 2.37. The van der Waals surface area contributed by atoms with E-state index in [2.05, 4.69) is 11.7 Å². The summed E-state index contributed by atoms with van der Waals surface area (Å²) in [6.45, 7) is 7.35. The molecule has 0 saturated heterocycles. The van der Waals surface area contributed by atoms with Crippen LogP contribution in [0.2, 0.25) is 0 Å². The van der Waals surface area contributed by atoms with Crippen LogP contribution in [0.25, 0.3) is 0 Å². The Labute approximate surface area is 102 Å². The highest BCUT2D eigenvalue weighted by Crippen LogP contribution is 2.21. The number of rotatable bonds is 6. The summed E-state index contributed by atoms with van der Waals surface area (Å²) in [6, 6.07) is 0. The van der Waals surface area contributed by atoms with Gasteiger partial charge in [-0.05, 0) is 43.9 Å². The van der Waals surface area contributed by atoms with Gasteiger partial charge in [0.2, 0.25) is 0 Å². The molecule has 0 aromatic carbocycles. The molecular formula is C13H19NO3. The van der Waals surface area contributed by atoms with Gasteiger partial charge in [-0.2, -0.15) is 0 Å². The number of hydrogen-bond acceptors (Lipinski definition) is 4. The van der Waals surface area contributed by atoms with Gasteiger partial charge in [0.05, 0.1) is 5.71 Å². The van der Waals surface area contributed by atoms with Crippen LogP contribution in [0.15, 0.2) is 41.0 Å². The average molecular weight is 237 g/mol. The molecule has 0 radical (unpaired) electrons. The second kappa shape index (κ2) is 6.91. The number of aliphatic hydroxyl groups excluding tert-OH is 1. The van der Waals surface area contributed by atoms with E-state index in [0.29, 0.717) is 11.5 Å². The Kier molecular flexibility index (Phi) is 5.49. The molecule has 1 N–H and O–H groups in total. The van der Waals surface area contributed by atoms with Gasteiger partial charge in [0.1, 0.15) is 0 Å². The van der Waals surface area contributed by atoms with Gasteiger partial charge in [-0.3, -0.25) is 0 Å². The van der Waals surface area contributed by atoms with E-state index in [1.165, 1.54) is 0 Å². The van der Waals surface area contributed by atoms with Crippen molar-refractivity contribution in [2.24, 2.45) is 5.16 Å². The molecule has 0 aliphatic heterocycles. The number of allylic oxidation sites excluding steroid dienone is 3. The molecule has 1 aliphatic carbocycles. The molecule has 0 fully saturated rings. The predicted molar refractivity (Wildman–Crippen MR) is 67.2 cm³/mol. The van der Waals surface area contributed by atoms with Gasteiger partial charge < -0.3 is 14.7 Å². The predicted octanol–water partition coefficient (Wildman–Crippen LogP) is 2.87. The molecule has 0 spiro atoms. The number of ether oxygens (including phenoxy) is 1. The SMILES string of the molecule is C=C(C)C(CC)=NOC1=CCCC=C1OCO. The van der Waals surface area contributed by atoms with Crippen LogP contribution in [0, 0.1) is 0 Å². The summed E-state index contributed by atoms with van der Waals surface area (Å²) in [4.78, 5) is 5.35. The Bertz CT molecular complexity index is 367. The minimum Gasteiger partial charge on any atom is -0.464 e. The average Bonchev–Trinajstić information content (AvgIpc) is 2.32. The Morgan fingerprint density at radius 3 is 2.59 bits per heavy atom. The van der Waals surface area contributed by atoms with Crippen molar-refractivity contribution in [1.29, 1.82) is 0 Å². The van der Waals surface area contributed by atoms with Crippen molar-refractivity contribution in [2.75, 3.05) is 6.79 Å². The van der Waals surface area contributed by atoms with Crippen molar-refractivity contribution in [3.8, 4) is 0 Å². The summed E-state index contributed by atoms with van der Waals surface area (Å²) >= 11 is 0. The molecule has 0 bridgehead atoms. The number of hydrogen-bond donors (Lipinski definition) is 1. The molecule has 0 unspecified atom stereocenters. The first-order valence-electron chi connectivity index (χ1n) is 5.73. The lowest BCUT2D eigenvalue weighted by Gasteiger charge is -2.14.